The van der Waals surface area contributed by atoms with E-state index < -0.39 is 0 Å². The molecule has 0 spiro atoms. The molecule has 1 rings (SSSR count). The predicted molar refractivity (Wildman–Crippen MR) is 76.6 cm³/mol. The van der Waals surface area contributed by atoms with Gasteiger partial charge in [-0.1, -0.05) is 46.3 Å². The van der Waals surface area contributed by atoms with E-state index >= 15 is 0 Å². The summed E-state index contributed by atoms with van der Waals surface area (Å²) >= 11 is 3.52. The fraction of sp³-hybridized carbons (Fsp3) is 0.571. The molecule has 0 unspecified atom stereocenters. The maximum absolute atomic E-state index is 5.07. The van der Waals surface area contributed by atoms with Crippen molar-refractivity contribution in [3.05, 3.63) is 35.9 Å². The van der Waals surface area contributed by atoms with Crippen LogP contribution in [0.1, 0.15) is 18.4 Å². The largest absolute Gasteiger partial charge is 0.385 e. The topological polar surface area (TPSA) is 12.5 Å². The summed E-state index contributed by atoms with van der Waals surface area (Å²) in [5, 5.41) is 1.03. The van der Waals surface area contributed by atoms with Crippen molar-refractivity contribution >= 4 is 15.9 Å². The molecule has 96 valence electrons. The summed E-state index contributed by atoms with van der Waals surface area (Å²) in [7, 11) is 1.76. The molecule has 17 heavy (non-hydrogen) atoms. The third kappa shape index (κ3) is 6.81. The summed E-state index contributed by atoms with van der Waals surface area (Å²) in [4.78, 5) is 2.49. The van der Waals surface area contributed by atoms with E-state index in [2.05, 4.69) is 51.2 Å². The van der Waals surface area contributed by atoms with Crippen LogP contribution >= 0.6 is 15.9 Å². The summed E-state index contributed by atoms with van der Waals surface area (Å²) in [6.45, 7) is 4.15. The van der Waals surface area contributed by atoms with Crippen molar-refractivity contribution in [1.29, 1.82) is 0 Å². The lowest BCUT2D eigenvalue weighted by atomic mass is 10.2. The first-order valence-electron chi connectivity index (χ1n) is 6.18. The van der Waals surface area contributed by atoms with Gasteiger partial charge >= 0.3 is 0 Å². The van der Waals surface area contributed by atoms with Crippen LogP contribution in [0.25, 0.3) is 0 Å². The lowest BCUT2D eigenvalue weighted by molar-refractivity contribution is 0.184. The molecule has 0 aliphatic rings. The molecular weight excluding hydrogens is 278 g/mol. The van der Waals surface area contributed by atoms with Gasteiger partial charge in [0.05, 0.1) is 0 Å². The Morgan fingerprint density at radius 3 is 2.53 bits per heavy atom. The Morgan fingerprint density at radius 2 is 1.88 bits per heavy atom. The highest BCUT2D eigenvalue weighted by atomic mass is 79.9. The van der Waals surface area contributed by atoms with Gasteiger partial charge in [-0.2, -0.15) is 0 Å². The number of halogens is 1. The SMILES string of the molecule is COCCCCN(CCBr)Cc1ccccc1. The zero-order valence-corrected chi connectivity index (χ0v) is 12.2. The van der Waals surface area contributed by atoms with Crippen LogP contribution in [0.5, 0.6) is 0 Å². The molecule has 2 nitrogen and oxygen atoms in total. The van der Waals surface area contributed by atoms with Crippen molar-refractivity contribution in [1.82, 2.24) is 4.90 Å². The number of alkyl halides is 1. The Kier molecular flexibility index (Phi) is 8.32. The first-order valence-corrected chi connectivity index (χ1v) is 7.30. The molecule has 1 aromatic carbocycles. The smallest absolute Gasteiger partial charge is 0.0462 e. The zero-order valence-electron chi connectivity index (χ0n) is 10.6. The second-order valence-electron chi connectivity index (χ2n) is 4.15. The minimum absolute atomic E-state index is 0.869. The molecular formula is C14H22BrNO. The van der Waals surface area contributed by atoms with Gasteiger partial charge < -0.3 is 4.74 Å². The van der Waals surface area contributed by atoms with Gasteiger partial charge in [0.15, 0.2) is 0 Å². The van der Waals surface area contributed by atoms with Crippen molar-refractivity contribution in [3.8, 4) is 0 Å². The molecule has 0 atom stereocenters. The van der Waals surface area contributed by atoms with Crippen LogP contribution < -0.4 is 0 Å². The summed E-state index contributed by atoms with van der Waals surface area (Å²) in [5.41, 5.74) is 1.39. The third-order valence-electron chi connectivity index (χ3n) is 2.72. The molecule has 0 fully saturated rings. The van der Waals surface area contributed by atoms with E-state index in [0.717, 1.165) is 38.0 Å². The van der Waals surface area contributed by atoms with Crippen molar-refractivity contribution in [2.75, 3.05) is 32.1 Å². The summed E-state index contributed by atoms with van der Waals surface area (Å²) in [5.74, 6) is 0. The number of rotatable bonds is 9. The van der Waals surface area contributed by atoms with Crippen LogP contribution in [0.4, 0.5) is 0 Å². The maximum Gasteiger partial charge on any atom is 0.0462 e. The Morgan fingerprint density at radius 1 is 1.12 bits per heavy atom. The Balaban J connectivity index is 2.32. The Hall–Kier alpha value is -0.380. The minimum Gasteiger partial charge on any atom is -0.385 e. The molecule has 0 aliphatic carbocycles. The van der Waals surface area contributed by atoms with Gasteiger partial charge in [0.1, 0.15) is 0 Å². The highest BCUT2D eigenvalue weighted by Crippen LogP contribution is 2.06. The van der Waals surface area contributed by atoms with Crippen molar-refractivity contribution < 1.29 is 4.74 Å². The van der Waals surface area contributed by atoms with Crippen molar-refractivity contribution in [2.24, 2.45) is 0 Å². The van der Waals surface area contributed by atoms with E-state index in [1.807, 2.05) is 0 Å². The lowest BCUT2D eigenvalue weighted by Gasteiger charge is -2.21. The second-order valence-corrected chi connectivity index (χ2v) is 4.94. The van der Waals surface area contributed by atoms with E-state index in [4.69, 9.17) is 4.74 Å². The summed E-state index contributed by atoms with van der Waals surface area (Å²) in [6, 6.07) is 10.7. The zero-order chi connectivity index (χ0) is 12.3. The number of methoxy groups -OCH3 is 1. The molecule has 0 N–H and O–H groups in total. The van der Waals surface area contributed by atoms with E-state index in [1.54, 1.807) is 7.11 Å². The number of hydrogen-bond acceptors (Lipinski definition) is 2. The summed E-state index contributed by atoms with van der Waals surface area (Å²) < 4.78 is 5.07. The van der Waals surface area contributed by atoms with Gasteiger partial charge in [-0.3, -0.25) is 4.90 Å². The molecule has 3 heteroatoms. The Labute approximate surface area is 113 Å². The molecule has 0 heterocycles. The van der Waals surface area contributed by atoms with E-state index in [1.165, 1.54) is 12.0 Å². The predicted octanol–water partition coefficient (Wildman–Crippen LogP) is 3.31. The molecule has 0 radical (unpaired) electrons. The van der Waals surface area contributed by atoms with Crippen molar-refractivity contribution in [2.45, 2.75) is 19.4 Å². The molecule has 0 bridgehead atoms. The second kappa shape index (κ2) is 9.63. The van der Waals surface area contributed by atoms with Gasteiger partial charge in [0.25, 0.3) is 0 Å². The first-order chi connectivity index (χ1) is 8.36. The number of ether oxygens (including phenoxy) is 1. The normalized spacial score (nSPS) is 11.0. The number of unbranched alkanes of at least 4 members (excludes halogenated alkanes) is 1. The van der Waals surface area contributed by atoms with Crippen LogP contribution in [-0.2, 0) is 11.3 Å². The van der Waals surface area contributed by atoms with Crippen LogP contribution in [0.15, 0.2) is 30.3 Å². The highest BCUT2D eigenvalue weighted by molar-refractivity contribution is 9.09. The van der Waals surface area contributed by atoms with Gasteiger partial charge in [-0.05, 0) is 24.9 Å². The van der Waals surface area contributed by atoms with Gasteiger partial charge in [-0.25, -0.2) is 0 Å². The van der Waals surface area contributed by atoms with Crippen LogP contribution in [0.3, 0.4) is 0 Å². The monoisotopic (exact) mass is 299 g/mol. The van der Waals surface area contributed by atoms with Gasteiger partial charge in [0.2, 0.25) is 0 Å². The number of hydrogen-bond donors (Lipinski definition) is 0. The van der Waals surface area contributed by atoms with Crippen LogP contribution in [0.2, 0.25) is 0 Å². The molecule has 0 aromatic heterocycles. The molecule has 0 aliphatic heterocycles. The van der Waals surface area contributed by atoms with Gasteiger partial charge in [-0.15, -0.1) is 0 Å². The van der Waals surface area contributed by atoms with Crippen LogP contribution in [-0.4, -0.2) is 37.0 Å². The fourth-order valence-electron chi connectivity index (χ4n) is 1.81. The summed E-state index contributed by atoms with van der Waals surface area (Å²) in [6.07, 6.45) is 2.34. The minimum atomic E-state index is 0.869. The molecule has 0 saturated carbocycles. The van der Waals surface area contributed by atoms with E-state index in [-0.39, 0.29) is 0 Å². The first kappa shape index (κ1) is 14.7. The average molecular weight is 300 g/mol. The fourth-order valence-corrected chi connectivity index (χ4v) is 2.31. The average Bonchev–Trinajstić information content (AvgIpc) is 2.36. The lowest BCUT2D eigenvalue weighted by Crippen LogP contribution is -2.26. The molecule has 1 aromatic rings. The maximum atomic E-state index is 5.07. The number of nitrogens with zero attached hydrogens (tertiary/aromatic N) is 1. The molecule has 0 saturated heterocycles. The quantitative estimate of drug-likeness (QED) is 0.512. The standard InChI is InChI=1S/C14H22BrNO/c1-17-12-6-5-10-16(11-9-15)13-14-7-3-2-4-8-14/h2-4,7-8H,5-6,9-13H2,1H3. The van der Waals surface area contributed by atoms with E-state index in [9.17, 15) is 0 Å². The van der Waals surface area contributed by atoms with Crippen molar-refractivity contribution in [3.63, 3.8) is 0 Å². The van der Waals surface area contributed by atoms with Gasteiger partial charge in [0, 0.05) is 32.1 Å². The van der Waals surface area contributed by atoms with E-state index in [0.29, 0.717) is 0 Å². The third-order valence-corrected chi connectivity index (χ3v) is 3.08. The number of benzene rings is 1. The highest BCUT2D eigenvalue weighted by Gasteiger charge is 2.04. The Bertz CT molecular complexity index is 279. The molecule has 0 amide bonds. The van der Waals surface area contributed by atoms with Crippen LogP contribution in [0, 0.1) is 0 Å².